The highest BCUT2D eigenvalue weighted by atomic mass is 35.5. The zero-order chi connectivity index (χ0) is 16.0. The van der Waals surface area contributed by atoms with Crippen molar-refractivity contribution in [2.45, 2.75) is 23.5 Å². The van der Waals surface area contributed by atoms with Gasteiger partial charge in [0.05, 0.1) is 10.6 Å². The predicted octanol–water partition coefficient (Wildman–Crippen LogP) is 1.77. The second-order valence-electron chi connectivity index (χ2n) is 4.26. The Balaban J connectivity index is 2.33. The van der Waals surface area contributed by atoms with E-state index in [4.69, 9.17) is 21.6 Å². The van der Waals surface area contributed by atoms with Crippen LogP contribution in [0.5, 0.6) is 5.75 Å². The van der Waals surface area contributed by atoms with Crippen LogP contribution < -0.4 is 4.74 Å². The number of fused-ring (bicyclic) bond motifs is 1. The molecule has 1 aromatic rings. The van der Waals surface area contributed by atoms with Gasteiger partial charge in [-0.25, -0.2) is 8.42 Å². The lowest BCUT2D eigenvalue weighted by Gasteiger charge is -2.19. The summed E-state index contributed by atoms with van der Waals surface area (Å²) < 4.78 is 64.5. The monoisotopic (exact) mass is 341 g/mol. The molecule has 1 heterocycles. The molecule has 1 aromatic carbocycles. The average Bonchev–Trinajstić information content (AvgIpc) is 2.81. The van der Waals surface area contributed by atoms with Crippen molar-refractivity contribution in [1.82, 2.24) is 0 Å². The normalized spacial score (nSPS) is 19.5. The number of benzene rings is 1. The van der Waals surface area contributed by atoms with Crippen molar-refractivity contribution < 1.29 is 31.4 Å². The highest BCUT2D eigenvalue weighted by Gasteiger charge is 2.54. The van der Waals surface area contributed by atoms with E-state index >= 15 is 0 Å². The zero-order valence-electron chi connectivity index (χ0n) is 10.1. The minimum atomic E-state index is -5.78. The van der Waals surface area contributed by atoms with Crippen LogP contribution in [0.4, 0.5) is 13.2 Å². The standard InChI is InChI=1S/C11H7ClF3NO4S/c12-9-5(4-16)1-2-7-6(9)3-8(20-7)10(17)21(18,19)11(13,14)15/h1-2,8,10,17H,3H2. The van der Waals surface area contributed by atoms with Crippen molar-refractivity contribution in [2.75, 3.05) is 0 Å². The van der Waals surface area contributed by atoms with Crippen LogP contribution in [0.1, 0.15) is 11.1 Å². The predicted molar refractivity (Wildman–Crippen MR) is 65.3 cm³/mol. The number of nitriles is 1. The second-order valence-corrected chi connectivity index (χ2v) is 6.67. The Morgan fingerprint density at radius 3 is 2.62 bits per heavy atom. The SMILES string of the molecule is N#Cc1ccc2c(c1Cl)CC(C(O)S(=O)(=O)C(F)(F)F)O2. The summed E-state index contributed by atoms with van der Waals surface area (Å²) in [5.41, 5.74) is -8.09. The van der Waals surface area contributed by atoms with Crippen molar-refractivity contribution in [3.05, 3.63) is 28.3 Å². The summed E-state index contributed by atoms with van der Waals surface area (Å²) in [6.45, 7) is 0. The summed E-state index contributed by atoms with van der Waals surface area (Å²) in [4.78, 5) is 0. The maximum absolute atomic E-state index is 12.4. The summed E-state index contributed by atoms with van der Waals surface area (Å²) >= 11 is 5.87. The highest BCUT2D eigenvalue weighted by Crippen LogP contribution is 2.39. The molecular formula is C11H7ClF3NO4S. The van der Waals surface area contributed by atoms with Crippen molar-refractivity contribution in [1.29, 1.82) is 5.26 Å². The molecule has 1 aliphatic heterocycles. The van der Waals surface area contributed by atoms with Crippen LogP contribution in [0.25, 0.3) is 0 Å². The molecule has 5 nitrogen and oxygen atoms in total. The number of alkyl halides is 3. The molecule has 2 atom stereocenters. The molecule has 10 heteroatoms. The minimum absolute atomic E-state index is 0.0332. The van der Waals surface area contributed by atoms with Crippen LogP contribution in [0, 0.1) is 11.3 Å². The first-order valence-corrected chi connectivity index (χ1v) is 7.38. The molecule has 114 valence electrons. The van der Waals surface area contributed by atoms with E-state index in [2.05, 4.69) is 0 Å². The molecule has 1 aliphatic rings. The highest BCUT2D eigenvalue weighted by molar-refractivity contribution is 7.92. The molecule has 0 radical (unpaired) electrons. The molecule has 0 aromatic heterocycles. The smallest absolute Gasteiger partial charge is 0.486 e. The van der Waals surface area contributed by atoms with Crippen molar-refractivity contribution in [3.63, 3.8) is 0 Å². The lowest BCUT2D eigenvalue weighted by Crippen LogP contribution is -2.43. The molecule has 0 saturated heterocycles. The van der Waals surface area contributed by atoms with Gasteiger partial charge < -0.3 is 9.84 Å². The van der Waals surface area contributed by atoms with Crippen LogP contribution in [-0.2, 0) is 16.3 Å². The van der Waals surface area contributed by atoms with E-state index in [0.29, 0.717) is 0 Å². The fraction of sp³-hybridized carbons (Fsp3) is 0.364. The number of ether oxygens (including phenoxy) is 1. The molecule has 0 amide bonds. The molecule has 0 spiro atoms. The van der Waals surface area contributed by atoms with E-state index in [0.717, 1.165) is 0 Å². The molecule has 0 aliphatic carbocycles. The van der Waals surface area contributed by atoms with E-state index in [1.807, 2.05) is 0 Å². The third kappa shape index (κ3) is 2.54. The third-order valence-electron chi connectivity index (χ3n) is 2.96. The molecule has 0 bridgehead atoms. The lowest BCUT2D eigenvalue weighted by atomic mass is 10.1. The van der Waals surface area contributed by atoms with Crippen LogP contribution in [-0.4, -0.2) is 30.6 Å². The van der Waals surface area contributed by atoms with Gasteiger partial charge in [-0.1, -0.05) is 11.6 Å². The van der Waals surface area contributed by atoms with Crippen molar-refractivity contribution >= 4 is 21.4 Å². The van der Waals surface area contributed by atoms with Gasteiger partial charge in [0.25, 0.3) is 9.84 Å². The van der Waals surface area contributed by atoms with Gasteiger partial charge in [-0.05, 0) is 12.1 Å². The largest absolute Gasteiger partial charge is 0.500 e. The zero-order valence-corrected chi connectivity index (χ0v) is 11.6. The van der Waals surface area contributed by atoms with Gasteiger partial charge in [0.15, 0.2) is 0 Å². The van der Waals surface area contributed by atoms with E-state index in [1.54, 1.807) is 6.07 Å². The van der Waals surface area contributed by atoms with E-state index in [1.165, 1.54) is 12.1 Å². The van der Waals surface area contributed by atoms with Gasteiger partial charge in [-0.2, -0.15) is 18.4 Å². The minimum Gasteiger partial charge on any atom is -0.486 e. The fourth-order valence-electron chi connectivity index (χ4n) is 1.89. The molecule has 2 unspecified atom stereocenters. The Labute approximate surface area is 122 Å². The van der Waals surface area contributed by atoms with Gasteiger partial charge in [-0.3, -0.25) is 0 Å². The topological polar surface area (TPSA) is 87.4 Å². The van der Waals surface area contributed by atoms with E-state index in [-0.39, 0.29) is 28.3 Å². The Hall–Kier alpha value is -1.50. The van der Waals surface area contributed by atoms with Crippen LogP contribution in [0.2, 0.25) is 5.02 Å². The molecule has 21 heavy (non-hydrogen) atoms. The van der Waals surface area contributed by atoms with Crippen LogP contribution >= 0.6 is 11.6 Å². The number of rotatable bonds is 2. The summed E-state index contributed by atoms with van der Waals surface area (Å²) in [6, 6.07) is 4.35. The summed E-state index contributed by atoms with van der Waals surface area (Å²) in [6.07, 6.45) is -1.99. The summed E-state index contributed by atoms with van der Waals surface area (Å²) in [5.74, 6) is 0.0421. The van der Waals surface area contributed by atoms with E-state index in [9.17, 15) is 26.7 Å². The number of nitrogens with zero attached hydrogens (tertiary/aromatic N) is 1. The molecule has 0 saturated carbocycles. The maximum Gasteiger partial charge on any atom is 0.500 e. The Morgan fingerprint density at radius 2 is 2.10 bits per heavy atom. The number of aliphatic hydroxyl groups is 1. The van der Waals surface area contributed by atoms with Crippen molar-refractivity contribution in [2.24, 2.45) is 0 Å². The molecular weight excluding hydrogens is 335 g/mol. The van der Waals surface area contributed by atoms with Crippen molar-refractivity contribution in [3.8, 4) is 11.8 Å². The van der Waals surface area contributed by atoms with Gasteiger partial charge >= 0.3 is 5.51 Å². The quantitative estimate of drug-likeness (QED) is 0.885. The number of aliphatic hydroxyl groups excluding tert-OH is 1. The third-order valence-corrected chi connectivity index (χ3v) is 4.98. The summed E-state index contributed by atoms with van der Waals surface area (Å²) in [7, 11) is -5.78. The molecule has 1 N–H and O–H groups in total. The van der Waals surface area contributed by atoms with Gasteiger partial charge in [-0.15, -0.1) is 0 Å². The Bertz CT molecular complexity index is 726. The Kier molecular flexibility index (Phi) is 3.82. The van der Waals surface area contributed by atoms with Crippen LogP contribution in [0.15, 0.2) is 12.1 Å². The first kappa shape index (κ1) is 15.9. The van der Waals surface area contributed by atoms with Gasteiger partial charge in [0.2, 0.25) is 5.44 Å². The molecule has 0 fully saturated rings. The number of sulfone groups is 1. The average molecular weight is 342 g/mol. The van der Waals surface area contributed by atoms with Gasteiger partial charge in [0, 0.05) is 12.0 Å². The van der Waals surface area contributed by atoms with Crippen LogP contribution in [0.3, 0.4) is 0 Å². The first-order valence-electron chi connectivity index (χ1n) is 5.46. The molecule has 2 rings (SSSR count). The first-order chi connectivity index (χ1) is 9.59. The number of hydrogen-bond donors (Lipinski definition) is 1. The maximum atomic E-state index is 12.4. The van der Waals surface area contributed by atoms with Gasteiger partial charge in [0.1, 0.15) is 17.9 Å². The number of hydrogen-bond acceptors (Lipinski definition) is 5. The van der Waals surface area contributed by atoms with E-state index < -0.39 is 26.9 Å². The lowest BCUT2D eigenvalue weighted by molar-refractivity contribution is -0.0505. The second kappa shape index (κ2) is 5.05. The summed E-state index contributed by atoms with van der Waals surface area (Å²) in [5, 5.41) is 18.2. The fourth-order valence-corrected chi connectivity index (χ4v) is 2.99. The number of halogens is 4. The Morgan fingerprint density at radius 1 is 1.48 bits per heavy atom.